The summed E-state index contributed by atoms with van der Waals surface area (Å²) in [5.41, 5.74) is 0.618. The van der Waals surface area contributed by atoms with Gasteiger partial charge in [-0.15, -0.1) is 11.3 Å². The number of anilines is 2. The number of thiazole rings is 1. The molecular formula is C22H18F3N3O2S. The summed E-state index contributed by atoms with van der Waals surface area (Å²) >= 11 is 1.11. The summed E-state index contributed by atoms with van der Waals surface area (Å²) < 4.78 is 41.0. The van der Waals surface area contributed by atoms with Gasteiger partial charge in [0.15, 0.2) is 5.13 Å². The van der Waals surface area contributed by atoms with Crippen molar-refractivity contribution < 1.29 is 22.8 Å². The number of hydrogen-bond donors (Lipinski definition) is 1. The molecule has 5 nitrogen and oxygen atoms in total. The monoisotopic (exact) mass is 445 g/mol. The summed E-state index contributed by atoms with van der Waals surface area (Å²) in [6.07, 6.45) is 2.63. The van der Waals surface area contributed by atoms with Gasteiger partial charge in [0.25, 0.3) is 0 Å². The minimum Gasteiger partial charge on any atom is -0.346 e. The summed E-state index contributed by atoms with van der Waals surface area (Å²) in [6.45, 7) is 2.87. The molecule has 2 aromatic carbocycles. The van der Waals surface area contributed by atoms with Gasteiger partial charge in [-0.2, -0.15) is 0 Å². The van der Waals surface area contributed by atoms with Gasteiger partial charge in [-0.05, 0) is 31.2 Å². The van der Waals surface area contributed by atoms with Crippen LogP contribution in [0.4, 0.5) is 24.0 Å². The molecule has 1 heterocycles. The van der Waals surface area contributed by atoms with E-state index in [1.807, 2.05) is 0 Å². The molecule has 0 aliphatic heterocycles. The zero-order chi connectivity index (χ0) is 22.5. The van der Waals surface area contributed by atoms with Crippen molar-refractivity contribution in [1.82, 2.24) is 10.3 Å². The Hall–Kier alpha value is -3.46. The molecule has 1 aromatic heterocycles. The van der Waals surface area contributed by atoms with Gasteiger partial charge < -0.3 is 5.32 Å². The molecule has 9 heteroatoms. The van der Waals surface area contributed by atoms with E-state index in [4.69, 9.17) is 0 Å². The second-order valence-corrected chi connectivity index (χ2v) is 7.43. The Bertz CT molecular complexity index is 1150. The number of hydrogen-bond acceptors (Lipinski definition) is 4. The maximum Gasteiger partial charge on any atom is 0.244 e. The van der Waals surface area contributed by atoms with Crippen molar-refractivity contribution in [1.29, 1.82) is 0 Å². The van der Waals surface area contributed by atoms with E-state index >= 15 is 0 Å². The summed E-state index contributed by atoms with van der Waals surface area (Å²) in [4.78, 5) is 29.6. The van der Waals surface area contributed by atoms with E-state index in [1.165, 1.54) is 43.3 Å². The average molecular weight is 445 g/mol. The third kappa shape index (κ3) is 5.37. The molecule has 31 heavy (non-hydrogen) atoms. The maximum atomic E-state index is 14.1. The van der Waals surface area contributed by atoms with Crippen molar-refractivity contribution in [3.8, 4) is 0 Å². The van der Waals surface area contributed by atoms with Crippen LogP contribution in [0.1, 0.15) is 31.1 Å². The fourth-order valence-corrected chi connectivity index (χ4v) is 3.70. The van der Waals surface area contributed by atoms with Crippen LogP contribution in [0.15, 0.2) is 53.9 Å². The first-order chi connectivity index (χ1) is 14.8. The lowest BCUT2D eigenvalue weighted by Gasteiger charge is -2.18. The van der Waals surface area contributed by atoms with E-state index in [0.717, 1.165) is 28.4 Å². The fraction of sp³-hybridized carbons (Fsp3) is 0.136. The molecule has 0 saturated carbocycles. The zero-order valence-electron chi connectivity index (χ0n) is 16.6. The highest BCUT2D eigenvalue weighted by Gasteiger charge is 2.20. The van der Waals surface area contributed by atoms with Crippen LogP contribution >= 0.6 is 11.3 Å². The summed E-state index contributed by atoms with van der Waals surface area (Å²) in [5.74, 6) is -2.94. The highest BCUT2D eigenvalue weighted by atomic mass is 32.1. The summed E-state index contributed by atoms with van der Waals surface area (Å²) in [5, 5.41) is 4.44. The van der Waals surface area contributed by atoms with Gasteiger partial charge in [0, 0.05) is 30.0 Å². The number of benzene rings is 2. The first kappa shape index (κ1) is 22.2. The molecule has 1 unspecified atom stereocenters. The third-order valence-corrected chi connectivity index (χ3v) is 5.15. The topological polar surface area (TPSA) is 62.3 Å². The quantitative estimate of drug-likeness (QED) is 0.535. The molecule has 3 aromatic rings. The highest BCUT2D eigenvalue weighted by Crippen LogP contribution is 2.31. The van der Waals surface area contributed by atoms with Crippen LogP contribution in [-0.4, -0.2) is 16.8 Å². The van der Waals surface area contributed by atoms with E-state index in [2.05, 4.69) is 10.3 Å². The number of aromatic nitrogens is 1. The van der Waals surface area contributed by atoms with Crippen LogP contribution in [0.25, 0.3) is 6.08 Å². The first-order valence-corrected chi connectivity index (χ1v) is 10.1. The minimum atomic E-state index is -0.751. The molecule has 0 bridgehead atoms. The number of para-hydroxylation sites is 1. The van der Waals surface area contributed by atoms with Crippen molar-refractivity contribution in [3.63, 3.8) is 0 Å². The Kier molecular flexibility index (Phi) is 6.86. The van der Waals surface area contributed by atoms with Gasteiger partial charge in [-0.3, -0.25) is 14.5 Å². The number of amides is 2. The Morgan fingerprint density at radius 3 is 2.55 bits per heavy atom. The van der Waals surface area contributed by atoms with Crippen molar-refractivity contribution in [3.05, 3.63) is 82.6 Å². The molecule has 0 fully saturated rings. The van der Waals surface area contributed by atoms with E-state index < -0.39 is 35.3 Å². The fourth-order valence-electron chi connectivity index (χ4n) is 2.85. The van der Waals surface area contributed by atoms with Crippen LogP contribution < -0.4 is 10.2 Å². The Balaban J connectivity index is 1.71. The normalized spacial score (nSPS) is 12.0. The zero-order valence-corrected chi connectivity index (χ0v) is 17.4. The number of rotatable bonds is 6. The van der Waals surface area contributed by atoms with Gasteiger partial charge in [0.1, 0.15) is 17.5 Å². The van der Waals surface area contributed by atoms with Crippen molar-refractivity contribution in [2.75, 3.05) is 4.90 Å². The lowest BCUT2D eigenvalue weighted by atomic mass is 10.1. The molecule has 0 aliphatic rings. The van der Waals surface area contributed by atoms with Crippen LogP contribution in [0.5, 0.6) is 0 Å². The van der Waals surface area contributed by atoms with Crippen LogP contribution in [0, 0.1) is 17.5 Å². The Morgan fingerprint density at radius 1 is 1.13 bits per heavy atom. The van der Waals surface area contributed by atoms with E-state index in [1.54, 1.807) is 18.4 Å². The molecule has 0 spiro atoms. The molecule has 160 valence electrons. The minimum absolute atomic E-state index is 0.0766. The van der Waals surface area contributed by atoms with E-state index in [9.17, 15) is 22.8 Å². The lowest BCUT2D eigenvalue weighted by molar-refractivity contribution is -0.117. The SMILES string of the molecule is CC(=O)N(c1nc(/C=C/C(=O)NC(C)c2ccc(F)cc2F)cs1)c1ccccc1F. The third-order valence-electron chi connectivity index (χ3n) is 4.30. The molecule has 0 saturated heterocycles. The molecule has 1 N–H and O–H groups in total. The second kappa shape index (κ2) is 9.57. The molecular weight excluding hydrogens is 427 g/mol. The molecule has 3 rings (SSSR count). The van der Waals surface area contributed by atoms with E-state index in [-0.39, 0.29) is 16.4 Å². The molecule has 0 radical (unpaired) electrons. The van der Waals surface area contributed by atoms with Gasteiger partial charge >= 0.3 is 0 Å². The van der Waals surface area contributed by atoms with Crippen molar-refractivity contribution in [2.45, 2.75) is 19.9 Å². The van der Waals surface area contributed by atoms with Crippen molar-refractivity contribution >= 4 is 40.0 Å². The van der Waals surface area contributed by atoms with Gasteiger partial charge in [0.05, 0.1) is 17.4 Å². The Morgan fingerprint density at radius 2 is 1.87 bits per heavy atom. The molecule has 0 aliphatic carbocycles. The summed E-state index contributed by atoms with van der Waals surface area (Å²) in [6, 6.07) is 8.29. The van der Waals surface area contributed by atoms with Crippen LogP contribution in [0.2, 0.25) is 0 Å². The van der Waals surface area contributed by atoms with E-state index in [0.29, 0.717) is 5.69 Å². The van der Waals surface area contributed by atoms with Gasteiger partial charge in [-0.25, -0.2) is 18.2 Å². The lowest BCUT2D eigenvalue weighted by Crippen LogP contribution is -2.25. The maximum absolute atomic E-state index is 14.1. The highest BCUT2D eigenvalue weighted by molar-refractivity contribution is 7.14. The number of halogens is 3. The molecule has 1 atom stereocenters. The largest absolute Gasteiger partial charge is 0.346 e. The standard InChI is InChI=1S/C22H18F3N3O2S/c1-13(17-9-7-15(23)11-19(17)25)26-21(30)10-8-16-12-31-22(27-16)28(14(2)29)20-6-4-3-5-18(20)24/h3-13H,1-2H3,(H,26,30)/b10-8+. The van der Waals surface area contributed by atoms with Crippen molar-refractivity contribution in [2.24, 2.45) is 0 Å². The Labute approximate surface area is 180 Å². The van der Waals surface area contributed by atoms with Gasteiger partial charge in [-0.1, -0.05) is 18.2 Å². The predicted octanol–water partition coefficient (Wildman–Crippen LogP) is 5.14. The predicted molar refractivity (Wildman–Crippen MR) is 113 cm³/mol. The number of nitrogens with zero attached hydrogens (tertiary/aromatic N) is 2. The molecule has 2 amide bonds. The summed E-state index contributed by atoms with van der Waals surface area (Å²) in [7, 11) is 0. The smallest absolute Gasteiger partial charge is 0.244 e. The second-order valence-electron chi connectivity index (χ2n) is 6.59. The first-order valence-electron chi connectivity index (χ1n) is 9.20. The van der Waals surface area contributed by atoms with Crippen LogP contribution in [-0.2, 0) is 9.59 Å². The number of nitrogens with one attached hydrogen (secondary N) is 1. The number of carbonyl (C=O) groups excluding carboxylic acids is 2. The van der Waals surface area contributed by atoms with Crippen LogP contribution in [0.3, 0.4) is 0 Å². The van der Waals surface area contributed by atoms with Gasteiger partial charge in [0.2, 0.25) is 11.8 Å². The number of carbonyl (C=O) groups is 2. The average Bonchev–Trinajstić information content (AvgIpc) is 3.16.